The molecule has 0 aliphatic carbocycles. The topological polar surface area (TPSA) is 64.6 Å². The van der Waals surface area contributed by atoms with Crippen LogP contribution in [-0.2, 0) is 6.54 Å². The quantitative estimate of drug-likeness (QED) is 0.443. The number of carbonyl (C=O) groups is 2. The van der Waals surface area contributed by atoms with Crippen LogP contribution in [0.3, 0.4) is 0 Å². The van der Waals surface area contributed by atoms with E-state index in [9.17, 15) is 14.0 Å². The number of ether oxygens (including phenoxy) is 2. The first kappa shape index (κ1) is 23.3. The molecule has 3 rings (SSSR count). The van der Waals surface area contributed by atoms with Crippen LogP contribution in [0.1, 0.15) is 40.1 Å². The Morgan fingerprint density at radius 1 is 1.12 bits per heavy atom. The van der Waals surface area contributed by atoms with Gasteiger partial charge in [0.25, 0.3) is 5.91 Å². The second-order valence-corrected chi connectivity index (χ2v) is 7.78. The minimum atomic E-state index is -0.453. The second kappa shape index (κ2) is 10.3. The summed E-state index contributed by atoms with van der Waals surface area (Å²) in [6, 6.07) is 14.1. The minimum Gasteiger partial charge on any atom is -0.496 e. The third-order valence-electron chi connectivity index (χ3n) is 4.71. The minimum absolute atomic E-state index is 0.0115. The van der Waals surface area contributed by atoms with E-state index in [1.165, 1.54) is 25.3 Å². The van der Waals surface area contributed by atoms with Crippen molar-refractivity contribution >= 4 is 23.8 Å². The number of carbonyl (C=O) groups excluding carboxylic acids is 2. The van der Waals surface area contributed by atoms with Crippen molar-refractivity contribution in [3.05, 3.63) is 82.1 Å². The van der Waals surface area contributed by atoms with Gasteiger partial charge in [-0.15, -0.1) is 0 Å². The van der Waals surface area contributed by atoms with Crippen LogP contribution in [-0.4, -0.2) is 25.4 Å². The molecule has 0 radical (unpaired) electrons. The van der Waals surface area contributed by atoms with Gasteiger partial charge in [0.2, 0.25) is 0 Å². The summed E-state index contributed by atoms with van der Waals surface area (Å²) in [6.07, 6.45) is 0.650. The predicted molar refractivity (Wildman–Crippen MR) is 122 cm³/mol. The van der Waals surface area contributed by atoms with Gasteiger partial charge in [-0.2, -0.15) is 0 Å². The zero-order valence-electron chi connectivity index (χ0n) is 17.9. The Hall–Kier alpha value is -3.38. The molecule has 0 fully saturated rings. The lowest BCUT2D eigenvalue weighted by molar-refractivity contribution is 0.0950. The van der Waals surface area contributed by atoms with Gasteiger partial charge in [0.15, 0.2) is 0 Å². The molecule has 0 aliphatic heterocycles. The molecule has 166 valence electrons. The first-order valence-electron chi connectivity index (χ1n) is 9.98. The lowest BCUT2D eigenvalue weighted by Crippen LogP contribution is -2.23. The summed E-state index contributed by atoms with van der Waals surface area (Å²) >= 11 is 6.26. The average molecular weight is 456 g/mol. The molecule has 0 aromatic heterocycles. The number of aldehydes is 1. The van der Waals surface area contributed by atoms with Crippen LogP contribution in [0.25, 0.3) is 11.1 Å². The zero-order valence-corrected chi connectivity index (χ0v) is 18.7. The molecule has 3 aromatic rings. The smallest absolute Gasteiger partial charge is 0.253 e. The second-order valence-electron chi connectivity index (χ2n) is 7.37. The van der Waals surface area contributed by atoms with Gasteiger partial charge in [0.1, 0.15) is 23.6 Å². The Labute approximate surface area is 191 Å². The van der Waals surface area contributed by atoms with Crippen molar-refractivity contribution in [3.63, 3.8) is 0 Å². The summed E-state index contributed by atoms with van der Waals surface area (Å²) in [4.78, 5) is 23.8. The molecule has 0 saturated carbocycles. The summed E-state index contributed by atoms with van der Waals surface area (Å²) in [5, 5.41) is 3.09. The van der Waals surface area contributed by atoms with Crippen molar-refractivity contribution in [1.29, 1.82) is 0 Å². The van der Waals surface area contributed by atoms with Gasteiger partial charge in [0, 0.05) is 23.2 Å². The summed E-state index contributed by atoms with van der Waals surface area (Å²) in [5.41, 5.74) is 2.16. The highest BCUT2D eigenvalue weighted by atomic mass is 35.5. The zero-order chi connectivity index (χ0) is 23.3. The van der Waals surface area contributed by atoms with E-state index in [0.717, 1.165) is 0 Å². The first-order chi connectivity index (χ1) is 15.3. The van der Waals surface area contributed by atoms with Crippen molar-refractivity contribution in [1.82, 2.24) is 5.32 Å². The van der Waals surface area contributed by atoms with Crippen LogP contribution < -0.4 is 14.8 Å². The van der Waals surface area contributed by atoms with Crippen molar-refractivity contribution in [2.24, 2.45) is 0 Å². The van der Waals surface area contributed by atoms with E-state index >= 15 is 0 Å². The number of rotatable bonds is 8. The summed E-state index contributed by atoms with van der Waals surface area (Å²) in [5.74, 6) is 0.294. The Morgan fingerprint density at radius 2 is 1.91 bits per heavy atom. The maximum absolute atomic E-state index is 14.4. The Morgan fingerprint density at radius 3 is 2.56 bits per heavy atom. The van der Waals surface area contributed by atoms with E-state index < -0.39 is 5.82 Å². The first-order valence-corrected chi connectivity index (χ1v) is 10.4. The van der Waals surface area contributed by atoms with E-state index in [0.29, 0.717) is 40.0 Å². The maximum Gasteiger partial charge on any atom is 0.253 e. The maximum atomic E-state index is 14.4. The normalized spacial score (nSPS) is 10.7. The van der Waals surface area contributed by atoms with Gasteiger partial charge in [-0.1, -0.05) is 17.7 Å². The van der Waals surface area contributed by atoms with Crippen molar-refractivity contribution in [3.8, 4) is 22.6 Å². The van der Waals surface area contributed by atoms with E-state index in [1.807, 2.05) is 13.8 Å². The molecule has 0 unspecified atom stereocenters. The fourth-order valence-electron chi connectivity index (χ4n) is 3.22. The van der Waals surface area contributed by atoms with Crippen molar-refractivity contribution in [2.75, 3.05) is 7.11 Å². The largest absolute Gasteiger partial charge is 0.496 e. The lowest BCUT2D eigenvalue weighted by Gasteiger charge is -2.14. The monoisotopic (exact) mass is 455 g/mol. The van der Waals surface area contributed by atoms with Gasteiger partial charge in [-0.25, -0.2) is 4.39 Å². The Bertz CT molecular complexity index is 1150. The fraction of sp³-hybridized carbons (Fsp3) is 0.200. The van der Waals surface area contributed by atoms with Crippen LogP contribution in [0.4, 0.5) is 4.39 Å². The number of amides is 1. The van der Waals surface area contributed by atoms with E-state index in [-0.39, 0.29) is 29.1 Å². The van der Waals surface area contributed by atoms with Crippen LogP contribution in [0.5, 0.6) is 11.5 Å². The molecular formula is C25H23ClFNO4. The number of nitrogens with one attached hydrogen (secondary N) is 1. The molecular weight excluding hydrogens is 433 g/mol. The third kappa shape index (κ3) is 5.45. The van der Waals surface area contributed by atoms with Gasteiger partial charge < -0.3 is 14.8 Å². The summed E-state index contributed by atoms with van der Waals surface area (Å²) in [7, 11) is 1.51. The van der Waals surface area contributed by atoms with E-state index in [1.54, 1.807) is 36.4 Å². The molecule has 0 atom stereocenters. The third-order valence-corrected chi connectivity index (χ3v) is 5.03. The number of hydrogen-bond acceptors (Lipinski definition) is 4. The average Bonchev–Trinajstić information content (AvgIpc) is 2.77. The number of halogens is 2. The number of hydrogen-bond donors (Lipinski definition) is 1. The molecule has 0 heterocycles. The van der Waals surface area contributed by atoms with E-state index in [4.69, 9.17) is 21.1 Å². The van der Waals surface area contributed by atoms with Gasteiger partial charge >= 0.3 is 0 Å². The van der Waals surface area contributed by atoms with Crippen molar-refractivity contribution < 1.29 is 23.5 Å². The SMILES string of the molecule is COc1ccc(-c2cc(C=O)ccc2F)cc1CNC(=O)c1ccc(OC(C)C)cc1Cl. The molecule has 5 nitrogen and oxygen atoms in total. The lowest BCUT2D eigenvalue weighted by atomic mass is 10.00. The summed E-state index contributed by atoms with van der Waals surface area (Å²) in [6.45, 7) is 3.93. The Balaban J connectivity index is 1.82. The highest BCUT2D eigenvalue weighted by molar-refractivity contribution is 6.34. The fourth-order valence-corrected chi connectivity index (χ4v) is 3.47. The molecule has 0 spiro atoms. The van der Waals surface area contributed by atoms with Gasteiger partial charge in [-0.3, -0.25) is 9.59 Å². The van der Waals surface area contributed by atoms with Crippen LogP contribution in [0.15, 0.2) is 54.6 Å². The molecule has 1 N–H and O–H groups in total. The van der Waals surface area contributed by atoms with Crippen LogP contribution in [0.2, 0.25) is 5.02 Å². The van der Waals surface area contributed by atoms with Crippen LogP contribution in [0, 0.1) is 5.82 Å². The molecule has 32 heavy (non-hydrogen) atoms. The highest BCUT2D eigenvalue weighted by Crippen LogP contribution is 2.29. The molecule has 0 saturated heterocycles. The molecule has 7 heteroatoms. The molecule has 3 aromatic carbocycles. The number of benzene rings is 3. The number of methoxy groups -OCH3 is 1. The predicted octanol–water partition coefficient (Wildman–Crippen LogP) is 5.68. The van der Waals surface area contributed by atoms with Crippen LogP contribution >= 0.6 is 11.6 Å². The molecule has 1 amide bonds. The van der Waals surface area contributed by atoms with Crippen molar-refractivity contribution in [2.45, 2.75) is 26.5 Å². The molecule has 0 bridgehead atoms. The Kier molecular flexibility index (Phi) is 7.49. The highest BCUT2D eigenvalue weighted by Gasteiger charge is 2.14. The van der Waals surface area contributed by atoms with Gasteiger partial charge in [-0.05, 0) is 67.9 Å². The van der Waals surface area contributed by atoms with E-state index in [2.05, 4.69) is 5.32 Å². The summed E-state index contributed by atoms with van der Waals surface area (Å²) < 4.78 is 25.3. The standard InChI is InChI=1S/C25H23ClFNO4/c1-15(2)32-19-6-7-20(22(26)12-19)25(30)28-13-18-11-17(5-9-24(18)31-3)21-10-16(14-29)4-8-23(21)27/h4-12,14-15H,13H2,1-3H3,(H,28,30). The molecule has 0 aliphatic rings. The van der Waals surface area contributed by atoms with Gasteiger partial charge in [0.05, 0.1) is 23.8 Å².